The number of ether oxygens (including phenoxy) is 1. The van der Waals surface area contributed by atoms with E-state index in [1.165, 1.54) is 0 Å². The van der Waals surface area contributed by atoms with Crippen molar-refractivity contribution in [3.8, 4) is 0 Å². The molecule has 4 nitrogen and oxygen atoms in total. The zero-order chi connectivity index (χ0) is 15.0. The molecular formula is C16H19NO3S. The molecule has 1 aromatic heterocycles. The topological polar surface area (TPSA) is 49.8 Å². The number of hydrogen-bond donors (Lipinski definition) is 1. The van der Waals surface area contributed by atoms with E-state index in [1.54, 1.807) is 16.2 Å². The van der Waals surface area contributed by atoms with E-state index in [1.807, 2.05) is 32.0 Å². The average Bonchev–Trinajstić information content (AvgIpc) is 2.83. The van der Waals surface area contributed by atoms with Gasteiger partial charge in [-0.2, -0.15) is 0 Å². The Kier molecular flexibility index (Phi) is 3.97. The van der Waals surface area contributed by atoms with Crippen LogP contribution in [0.1, 0.15) is 22.2 Å². The average molecular weight is 305 g/mol. The van der Waals surface area contributed by atoms with Crippen molar-refractivity contribution in [3.63, 3.8) is 0 Å². The fourth-order valence-electron chi connectivity index (χ4n) is 2.83. The van der Waals surface area contributed by atoms with Crippen molar-refractivity contribution in [1.82, 2.24) is 4.90 Å². The molecule has 1 aliphatic rings. The van der Waals surface area contributed by atoms with Gasteiger partial charge in [0.05, 0.1) is 23.7 Å². The summed E-state index contributed by atoms with van der Waals surface area (Å²) < 4.78 is 6.74. The van der Waals surface area contributed by atoms with Gasteiger partial charge in [0, 0.05) is 17.8 Å². The highest BCUT2D eigenvalue weighted by Gasteiger charge is 2.30. The van der Waals surface area contributed by atoms with Gasteiger partial charge in [-0.1, -0.05) is 18.2 Å². The van der Waals surface area contributed by atoms with Crippen LogP contribution in [-0.4, -0.2) is 47.8 Å². The number of carbonyl (C=O) groups is 1. The Morgan fingerprint density at radius 3 is 2.90 bits per heavy atom. The van der Waals surface area contributed by atoms with E-state index < -0.39 is 0 Å². The van der Waals surface area contributed by atoms with Crippen molar-refractivity contribution in [2.24, 2.45) is 0 Å². The minimum Gasteiger partial charge on any atom is -0.394 e. The van der Waals surface area contributed by atoms with Crippen LogP contribution in [0.5, 0.6) is 0 Å². The van der Waals surface area contributed by atoms with Crippen LogP contribution in [0.2, 0.25) is 0 Å². The molecular weight excluding hydrogens is 286 g/mol. The lowest BCUT2D eigenvalue weighted by atomic mass is 10.1. The Balaban J connectivity index is 1.91. The molecule has 0 radical (unpaired) electrons. The molecule has 0 bridgehead atoms. The van der Waals surface area contributed by atoms with Crippen LogP contribution in [0, 0.1) is 6.92 Å². The van der Waals surface area contributed by atoms with Crippen LogP contribution in [0.3, 0.4) is 0 Å². The summed E-state index contributed by atoms with van der Waals surface area (Å²) in [5.41, 5.74) is 1.04. The van der Waals surface area contributed by atoms with Crippen molar-refractivity contribution in [2.75, 3.05) is 19.7 Å². The molecule has 1 saturated heterocycles. The lowest BCUT2D eigenvalue weighted by molar-refractivity contribution is -0.0857. The molecule has 21 heavy (non-hydrogen) atoms. The lowest BCUT2D eigenvalue weighted by Crippen LogP contribution is -2.50. The van der Waals surface area contributed by atoms with E-state index in [0.717, 1.165) is 20.5 Å². The molecule has 0 aliphatic carbocycles. The number of aliphatic hydroxyl groups excluding tert-OH is 1. The van der Waals surface area contributed by atoms with Gasteiger partial charge in [0.1, 0.15) is 0 Å². The normalized spacial score (nSPS) is 22.7. The fraction of sp³-hybridized carbons (Fsp3) is 0.438. The molecule has 112 valence electrons. The van der Waals surface area contributed by atoms with Crippen molar-refractivity contribution < 1.29 is 14.6 Å². The zero-order valence-corrected chi connectivity index (χ0v) is 13.0. The predicted molar refractivity (Wildman–Crippen MR) is 83.9 cm³/mol. The first-order valence-electron chi connectivity index (χ1n) is 7.14. The van der Waals surface area contributed by atoms with Gasteiger partial charge in [-0.15, -0.1) is 11.3 Å². The molecule has 1 fully saturated rings. The third-order valence-corrected chi connectivity index (χ3v) is 5.12. The molecule has 1 aliphatic heterocycles. The lowest BCUT2D eigenvalue weighted by Gasteiger charge is -2.36. The van der Waals surface area contributed by atoms with Crippen molar-refractivity contribution in [2.45, 2.75) is 26.1 Å². The summed E-state index contributed by atoms with van der Waals surface area (Å²) >= 11 is 1.54. The summed E-state index contributed by atoms with van der Waals surface area (Å²) in [7, 11) is 0. The smallest absolute Gasteiger partial charge is 0.264 e. The molecule has 2 aromatic rings. The second-order valence-corrected chi connectivity index (χ2v) is 6.57. The minimum atomic E-state index is -0.285. The first kappa shape index (κ1) is 14.5. The van der Waals surface area contributed by atoms with Crippen LogP contribution in [0.25, 0.3) is 10.1 Å². The second kappa shape index (κ2) is 5.75. The maximum atomic E-state index is 12.8. The summed E-state index contributed by atoms with van der Waals surface area (Å²) in [5.74, 6) is 0.0438. The van der Waals surface area contributed by atoms with E-state index in [9.17, 15) is 9.90 Å². The molecule has 2 heterocycles. The van der Waals surface area contributed by atoms with Crippen LogP contribution in [-0.2, 0) is 4.74 Å². The zero-order valence-electron chi connectivity index (χ0n) is 12.2. The van der Waals surface area contributed by atoms with Gasteiger partial charge in [-0.05, 0) is 30.9 Å². The number of hydrogen-bond acceptors (Lipinski definition) is 4. The first-order valence-corrected chi connectivity index (χ1v) is 7.95. The van der Waals surface area contributed by atoms with Gasteiger partial charge in [0.25, 0.3) is 5.91 Å². The molecule has 0 spiro atoms. The van der Waals surface area contributed by atoms with E-state index >= 15 is 0 Å². The van der Waals surface area contributed by atoms with Crippen molar-refractivity contribution in [3.05, 3.63) is 34.7 Å². The van der Waals surface area contributed by atoms with Crippen LogP contribution in [0.4, 0.5) is 0 Å². The maximum absolute atomic E-state index is 12.8. The van der Waals surface area contributed by atoms with E-state index in [0.29, 0.717) is 13.1 Å². The number of fused-ring (bicyclic) bond motifs is 1. The van der Waals surface area contributed by atoms with Crippen molar-refractivity contribution >= 4 is 27.3 Å². The van der Waals surface area contributed by atoms with E-state index in [4.69, 9.17) is 4.74 Å². The minimum absolute atomic E-state index is 0.0438. The predicted octanol–water partition coefficient (Wildman–Crippen LogP) is 2.43. The number of rotatable bonds is 2. The van der Waals surface area contributed by atoms with Gasteiger partial charge < -0.3 is 14.7 Å². The highest BCUT2D eigenvalue weighted by molar-refractivity contribution is 7.21. The Morgan fingerprint density at radius 2 is 2.19 bits per heavy atom. The Bertz CT molecular complexity index is 667. The largest absolute Gasteiger partial charge is 0.394 e. The molecule has 1 amide bonds. The summed E-state index contributed by atoms with van der Waals surface area (Å²) in [6, 6.07) is 8.08. The third kappa shape index (κ3) is 2.69. The number of amides is 1. The van der Waals surface area contributed by atoms with Gasteiger partial charge in [-0.25, -0.2) is 0 Å². The van der Waals surface area contributed by atoms with Crippen LogP contribution in [0.15, 0.2) is 24.3 Å². The number of thiophene rings is 1. The summed E-state index contributed by atoms with van der Waals surface area (Å²) in [4.78, 5) is 15.4. The summed E-state index contributed by atoms with van der Waals surface area (Å²) in [6.45, 7) is 4.90. The highest BCUT2D eigenvalue weighted by Crippen LogP contribution is 2.32. The molecule has 2 unspecified atom stereocenters. The van der Waals surface area contributed by atoms with Crippen LogP contribution >= 0.6 is 11.3 Å². The third-order valence-electron chi connectivity index (χ3n) is 3.86. The summed E-state index contributed by atoms with van der Waals surface area (Å²) in [6.07, 6.45) is -0.332. The number of aryl methyl sites for hydroxylation is 1. The molecule has 5 heteroatoms. The quantitative estimate of drug-likeness (QED) is 0.927. The number of morpholine rings is 1. The fourth-order valence-corrected chi connectivity index (χ4v) is 4.01. The van der Waals surface area contributed by atoms with E-state index in [2.05, 4.69) is 6.07 Å². The van der Waals surface area contributed by atoms with Gasteiger partial charge >= 0.3 is 0 Å². The standard InChI is InChI=1S/C16H19NO3S/c1-10-7-17(8-12(9-18)20-10)16(19)15-11(2)13-5-3-4-6-14(13)21-15/h3-6,10,12,18H,7-9H2,1-2H3. The summed E-state index contributed by atoms with van der Waals surface area (Å²) in [5, 5.41) is 10.4. The van der Waals surface area contributed by atoms with Crippen LogP contribution < -0.4 is 0 Å². The molecule has 3 rings (SSSR count). The Hall–Kier alpha value is -1.43. The second-order valence-electron chi connectivity index (χ2n) is 5.51. The SMILES string of the molecule is Cc1c(C(=O)N2CC(C)OC(CO)C2)sc2ccccc12. The van der Waals surface area contributed by atoms with Gasteiger partial charge in [-0.3, -0.25) is 4.79 Å². The van der Waals surface area contributed by atoms with E-state index in [-0.39, 0.29) is 24.7 Å². The Labute approximate surface area is 127 Å². The monoisotopic (exact) mass is 305 g/mol. The molecule has 0 saturated carbocycles. The first-order chi connectivity index (χ1) is 10.1. The number of aliphatic hydroxyl groups is 1. The number of carbonyl (C=O) groups excluding carboxylic acids is 1. The number of nitrogens with zero attached hydrogens (tertiary/aromatic N) is 1. The highest BCUT2D eigenvalue weighted by atomic mass is 32.1. The van der Waals surface area contributed by atoms with Crippen molar-refractivity contribution in [1.29, 1.82) is 0 Å². The molecule has 2 atom stereocenters. The van der Waals surface area contributed by atoms with Gasteiger partial charge in [0.15, 0.2) is 0 Å². The maximum Gasteiger partial charge on any atom is 0.264 e. The molecule has 1 aromatic carbocycles. The molecule has 1 N–H and O–H groups in total. The van der Waals surface area contributed by atoms with Gasteiger partial charge in [0.2, 0.25) is 0 Å². The Morgan fingerprint density at radius 1 is 1.43 bits per heavy atom. The number of benzene rings is 1.